The number of aliphatic carboxylic acids is 1. The minimum absolute atomic E-state index is 0.104. The minimum atomic E-state index is -4.57. The summed E-state index contributed by atoms with van der Waals surface area (Å²) in [6.45, 7) is 0.826. The van der Waals surface area contributed by atoms with Crippen molar-refractivity contribution in [3.63, 3.8) is 0 Å². The van der Waals surface area contributed by atoms with Crippen molar-refractivity contribution in [2.75, 3.05) is 13.1 Å². The van der Waals surface area contributed by atoms with Crippen LogP contribution in [-0.4, -0.2) is 56.8 Å². The van der Waals surface area contributed by atoms with Gasteiger partial charge in [-0.2, -0.15) is 28.2 Å². The molecule has 2 aromatic rings. The molecule has 12 heteroatoms. The van der Waals surface area contributed by atoms with Gasteiger partial charge in [-0.05, 0) is 68.6 Å². The molecule has 8 nitrogen and oxygen atoms in total. The van der Waals surface area contributed by atoms with Crippen LogP contribution in [0, 0.1) is 29.1 Å². The molecule has 6 rings (SSSR count). The lowest BCUT2D eigenvalue weighted by Crippen LogP contribution is -2.38. The van der Waals surface area contributed by atoms with Crippen LogP contribution >= 0.6 is 11.6 Å². The Kier molecular flexibility index (Phi) is 7.40. The number of carbonyl (C=O) groups excluding carboxylic acids is 2. The van der Waals surface area contributed by atoms with Crippen LogP contribution in [0.5, 0.6) is 0 Å². The first-order valence-electron chi connectivity index (χ1n) is 14.6. The molecule has 1 amide bonds. The maximum absolute atomic E-state index is 14.2. The lowest BCUT2D eigenvalue weighted by Gasteiger charge is -2.27. The van der Waals surface area contributed by atoms with Crippen molar-refractivity contribution in [3.8, 4) is 6.07 Å². The number of carbonyl (C=O) groups is 3. The molecular formula is C31H30ClF3N4O4. The van der Waals surface area contributed by atoms with Gasteiger partial charge in [-0.25, -0.2) is 0 Å². The normalized spacial score (nSPS) is 24.6. The van der Waals surface area contributed by atoms with Gasteiger partial charge in [0.2, 0.25) is 5.91 Å². The molecule has 0 bridgehead atoms. The Morgan fingerprint density at radius 3 is 2.47 bits per heavy atom. The van der Waals surface area contributed by atoms with E-state index in [1.54, 1.807) is 4.90 Å². The fourth-order valence-electron chi connectivity index (χ4n) is 6.92. The molecule has 0 spiro atoms. The molecule has 226 valence electrons. The first-order chi connectivity index (χ1) is 20.4. The van der Waals surface area contributed by atoms with Gasteiger partial charge in [0.25, 0.3) is 5.91 Å². The van der Waals surface area contributed by atoms with E-state index in [9.17, 15) is 37.9 Å². The molecule has 3 aliphatic carbocycles. The van der Waals surface area contributed by atoms with E-state index in [-0.39, 0.29) is 47.2 Å². The molecule has 2 heterocycles. The predicted octanol–water partition coefficient (Wildman–Crippen LogP) is 5.56. The second-order valence-corrected chi connectivity index (χ2v) is 12.5. The van der Waals surface area contributed by atoms with Gasteiger partial charge < -0.3 is 10.0 Å². The highest BCUT2D eigenvalue weighted by molar-refractivity contribution is 6.34. The van der Waals surface area contributed by atoms with Gasteiger partial charge in [0.1, 0.15) is 0 Å². The Morgan fingerprint density at radius 1 is 1.12 bits per heavy atom. The van der Waals surface area contributed by atoms with E-state index in [2.05, 4.69) is 11.2 Å². The van der Waals surface area contributed by atoms with Gasteiger partial charge in [0, 0.05) is 31.0 Å². The standard InChI is InChI=1S/C31H30ClF3N4O4/c32-23-3-1-2-22(30(11-12-30)31(33,34)35)25(23)28(41)39-24-14-20(27(40)38-13-10-17(15-36)16-38)8-9-21(24)26(37-39)18-4-6-19(7-5-18)29(42)43/h1-4,17,19-20H,5-14,16H2,(H,42,43)/t17-,19?,20?/m0/s1. The largest absolute Gasteiger partial charge is 0.481 e. The van der Waals surface area contributed by atoms with E-state index in [4.69, 9.17) is 11.6 Å². The molecular weight excluding hydrogens is 585 g/mol. The highest BCUT2D eigenvalue weighted by Gasteiger charge is 2.65. The number of aromatic nitrogens is 2. The Balaban J connectivity index is 1.41. The summed E-state index contributed by atoms with van der Waals surface area (Å²) in [6, 6.07) is 6.32. The Bertz CT molecular complexity index is 1590. The highest BCUT2D eigenvalue weighted by atomic mass is 35.5. The summed E-state index contributed by atoms with van der Waals surface area (Å²) in [5.41, 5.74) is -0.0488. The quantitative estimate of drug-likeness (QED) is 0.471. The number of allylic oxidation sites excluding steroid dienone is 2. The summed E-state index contributed by atoms with van der Waals surface area (Å²) in [7, 11) is 0. The Hall–Kier alpha value is -3.65. The third kappa shape index (κ3) is 5.03. The lowest BCUT2D eigenvalue weighted by molar-refractivity contribution is -0.160. The summed E-state index contributed by atoms with van der Waals surface area (Å²) < 4.78 is 43.8. The first-order valence-corrected chi connectivity index (χ1v) is 14.9. The van der Waals surface area contributed by atoms with Crippen molar-refractivity contribution in [1.82, 2.24) is 14.7 Å². The van der Waals surface area contributed by atoms with Crippen molar-refractivity contribution in [3.05, 3.63) is 57.4 Å². The summed E-state index contributed by atoms with van der Waals surface area (Å²) in [5, 5.41) is 23.3. The third-order valence-corrected chi connectivity index (χ3v) is 9.91. The van der Waals surface area contributed by atoms with Crippen molar-refractivity contribution in [1.29, 1.82) is 5.26 Å². The summed E-state index contributed by atoms with van der Waals surface area (Å²) in [4.78, 5) is 40.9. The molecule has 0 radical (unpaired) electrons. The summed E-state index contributed by atoms with van der Waals surface area (Å²) >= 11 is 6.45. The number of carboxylic acid groups (broad SMARTS) is 1. The van der Waals surface area contributed by atoms with Gasteiger partial charge in [0.05, 0.1) is 45.3 Å². The van der Waals surface area contributed by atoms with Gasteiger partial charge in [-0.3, -0.25) is 14.4 Å². The minimum Gasteiger partial charge on any atom is -0.481 e. The van der Waals surface area contributed by atoms with Crippen molar-refractivity contribution < 1.29 is 32.7 Å². The second kappa shape index (κ2) is 10.8. The fraction of sp³-hybridized carbons (Fsp3) is 0.516. The monoisotopic (exact) mass is 614 g/mol. The van der Waals surface area contributed by atoms with E-state index in [0.29, 0.717) is 63.0 Å². The third-order valence-electron chi connectivity index (χ3n) is 9.60. The molecule has 2 fully saturated rings. The zero-order chi connectivity index (χ0) is 30.7. The van der Waals surface area contributed by atoms with Gasteiger partial charge in [0.15, 0.2) is 0 Å². The number of rotatable bonds is 5. The molecule has 3 atom stereocenters. The number of fused-ring (bicyclic) bond motifs is 1. The smallest absolute Gasteiger partial charge is 0.398 e. The number of hydrogen-bond acceptors (Lipinski definition) is 5. The average molecular weight is 615 g/mol. The van der Waals surface area contributed by atoms with Crippen LogP contribution in [0.3, 0.4) is 0 Å². The molecule has 43 heavy (non-hydrogen) atoms. The number of nitriles is 1. The number of carboxylic acids is 1. The van der Waals surface area contributed by atoms with E-state index in [1.807, 2.05) is 6.08 Å². The number of amides is 1. The number of benzene rings is 1. The number of hydrogen-bond donors (Lipinski definition) is 1. The van der Waals surface area contributed by atoms with Gasteiger partial charge in [-0.15, -0.1) is 0 Å². The molecule has 4 aliphatic rings. The average Bonchev–Trinajstić information content (AvgIpc) is 3.53. The molecule has 1 aliphatic heterocycles. The Labute approximate surface area is 251 Å². The molecule has 1 saturated carbocycles. The second-order valence-electron chi connectivity index (χ2n) is 12.1. The summed E-state index contributed by atoms with van der Waals surface area (Å²) in [6.07, 6.45) is -0.240. The maximum Gasteiger partial charge on any atom is 0.398 e. The van der Waals surface area contributed by atoms with Gasteiger partial charge >= 0.3 is 12.1 Å². The lowest BCUT2D eigenvalue weighted by atomic mass is 9.82. The zero-order valence-electron chi connectivity index (χ0n) is 23.3. The topological polar surface area (TPSA) is 116 Å². The highest BCUT2D eigenvalue weighted by Crippen LogP contribution is 2.60. The fourth-order valence-corrected chi connectivity index (χ4v) is 7.18. The molecule has 1 saturated heterocycles. The van der Waals surface area contributed by atoms with E-state index in [0.717, 1.165) is 15.8 Å². The Morgan fingerprint density at radius 2 is 1.86 bits per heavy atom. The molecule has 1 aromatic heterocycles. The molecule has 1 N–H and O–H groups in total. The predicted molar refractivity (Wildman–Crippen MR) is 149 cm³/mol. The number of nitrogens with zero attached hydrogens (tertiary/aromatic N) is 4. The molecule has 2 unspecified atom stereocenters. The van der Waals surface area contributed by atoms with E-state index < -0.39 is 35.3 Å². The van der Waals surface area contributed by atoms with Crippen molar-refractivity contribution in [2.24, 2.45) is 17.8 Å². The maximum atomic E-state index is 14.2. The van der Waals surface area contributed by atoms with Crippen LogP contribution in [0.2, 0.25) is 5.02 Å². The van der Waals surface area contributed by atoms with Crippen molar-refractivity contribution in [2.45, 2.75) is 69.4 Å². The molecule has 1 aromatic carbocycles. The number of alkyl halides is 3. The number of likely N-dealkylation sites (tertiary alicyclic amines) is 1. The van der Waals surface area contributed by atoms with Crippen LogP contribution in [0.25, 0.3) is 5.57 Å². The zero-order valence-corrected chi connectivity index (χ0v) is 24.0. The number of halogens is 4. The van der Waals surface area contributed by atoms with Crippen LogP contribution in [-0.2, 0) is 27.8 Å². The first kappa shape index (κ1) is 29.4. The van der Waals surface area contributed by atoms with Crippen LogP contribution < -0.4 is 0 Å². The van der Waals surface area contributed by atoms with E-state index in [1.165, 1.54) is 18.2 Å². The van der Waals surface area contributed by atoms with Crippen LogP contribution in [0.1, 0.15) is 77.8 Å². The van der Waals surface area contributed by atoms with E-state index >= 15 is 0 Å². The van der Waals surface area contributed by atoms with Gasteiger partial charge in [-0.1, -0.05) is 29.8 Å². The van der Waals surface area contributed by atoms with Crippen molar-refractivity contribution >= 4 is 35.0 Å². The van der Waals surface area contributed by atoms with Crippen LogP contribution in [0.4, 0.5) is 13.2 Å². The summed E-state index contributed by atoms with van der Waals surface area (Å²) in [5.74, 6) is -3.00. The van der Waals surface area contributed by atoms with Crippen LogP contribution in [0.15, 0.2) is 24.3 Å². The SMILES string of the molecule is N#C[C@@H]1CCN(C(=O)C2CCc3c(C4=CCC(C(=O)O)CC4)nn(C(=O)c4c(Cl)cccc4C4(C(F)(F)F)CC4)c3C2)C1.